The Kier molecular flexibility index (Phi) is 3.32. The standard InChI is InChI=1S/C12H17N3O2S/c16-15(17)12-4-3-11(18-12)7-13-9-5-6-14(8-9)10-1-2-10/h3-4,9-10,13H,1-2,5-8H2. The van der Waals surface area contributed by atoms with Gasteiger partial charge in [0, 0.05) is 42.7 Å². The summed E-state index contributed by atoms with van der Waals surface area (Å²) in [4.78, 5) is 13.9. The van der Waals surface area contributed by atoms with Crippen molar-refractivity contribution in [2.24, 2.45) is 0 Å². The highest BCUT2D eigenvalue weighted by atomic mass is 32.1. The smallest absolute Gasteiger partial charge is 0.308 e. The molecule has 1 aromatic rings. The third kappa shape index (κ3) is 2.71. The molecule has 98 valence electrons. The van der Waals surface area contributed by atoms with Gasteiger partial charge in [-0.25, -0.2) is 0 Å². The van der Waals surface area contributed by atoms with Crippen LogP contribution >= 0.6 is 11.3 Å². The molecule has 5 nitrogen and oxygen atoms in total. The summed E-state index contributed by atoms with van der Waals surface area (Å²) in [5.41, 5.74) is 0. The predicted molar refractivity (Wildman–Crippen MR) is 70.8 cm³/mol. The average molecular weight is 267 g/mol. The van der Waals surface area contributed by atoms with Crippen LogP contribution in [-0.4, -0.2) is 35.0 Å². The summed E-state index contributed by atoms with van der Waals surface area (Å²) in [5.74, 6) is 0. The number of thiophene rings is 1. The maximum atomic E-state index is 10.6. The summed E-state index contributed by atoms with van der Waals surface area (Å²) in [6.45, 7) is 3.09. The lowest BCUT2D eigenvalue weighted by Crippen LogP contribution is -2.32. The predicted octanol–water partition coefficient (Wildman–Crippen LogP) is 1.98. The van der Waals surface area contributed by atoms with Gasteiger partial charge in [-0.2, -0.15) is 0 Å². The zero-order valence-electron chi connectivity index (χ0n) is 10.2. The minimum atomic E-state index is -0.321. The molecule has 1 aromatic heterocycles. The lowest BCUT2D eigenvalue weighted by Gasteiger charge is -2.15. The summed E-state index contributed by atoms with van der Waals surface area (Å²) < 4.78 is 0. The number of hydrogen-bond acceptors (Lipinski definition) is 5. The molecular weight excluding hydrogens is 250 g/mol. The molecule has 1 aliphatic heterocycles. The van der Waals surface area contributed by atoms with E-state index in [1.54, 1.807) is 6.07 Å². The van der Waals surface area contributed by atoms with E-state index < -0.39 is 0 Å². The second-order valence-corrected chi connectivity index (χ2v) is 6.24. The van der Waals surface area contributed by atoms with E-state index in [1.165, 1.54) is 37.1 Å². The Labute approximate surface area is 110 Å². The normalized spacial score (nSPS) is 24.6. The minimum absolute atomic E-state index is 0.234. The van der Waals surface area contributed by atoms with Gasteiger partial charge in [-0.3, -0.25) is 15.0 Å². The van der Waals surface area contributed by atoms with Gasteiger partial charge in [0.15, 0.2) is 0 Å². The van der Waals surface area contributed by atoms with Gasteiger partial charge < -0.3 is 5.32 Å². The van der Waals surface area contributed by atoms with E-state index in [9.17, 15) is 10.1 Å². The third-order valence-electron chi connectivity index (χ3n) is 3.68. The van der Waals surface area contributed by atoms with E-state index in [0.717, 1.165) is 24.0 Å². The molecule has 1 unspecified atom stereocenters. The molecular formula is C12H17N3O2S. The van der Waals surface area contributed by atoms with Gasteiger partial charge in [-0.15, -0.1) is 0 Å². The first-order valence-electron chi connectivity index (χ1n) is 6.43. The minimum Gasteiger partial charge on any atom is -0.308 e. The maximum absolute atomic E-state index is 10.6. The lowest BCUT2D eigenvalue weighted by molar-refractivity contribution is -0.380. The van der Waals surface area contributed by atoms with Crippen molar-refractivity contribution in [3.8, 4) is 0 Å². The summed E-state index contributed by atoms with van der Waals surface area (Å²) in [6, 6.07) is 4.84. The molecule has 1 aliphatic carbocycles. The molecule has 3 rings (SSSR count). The van der Waals surface area contributed by atoms with Gasteiger partial charge in [0.2, 0.25) is 0 Å². The molecule has 0 radical (unpaired) electrons. The molecule has 18 heavy (non-hydrogen) atoms. The zero-order valence-corrected chi connectivity index (χ0v) is 11.0. The van der Waals surface area contributed by atoms with Crippen LogP contribution in [0.3, 0.4) is 0 Å². The van der Waals surface area contributed by atoms with Gasteiger partial charge >= 0.3 is 5.00 Å². The van der Waals surface area contributed by atoms with Crippen LogP contribution in [0.4, 0.5) is 5.00 Å². The molecule has 1 saturated heterocycles. The molecule has 0 amide bonds. The van der Waals surface area contributed by atoms with E-state index in [4.69, 9.17) is 0 Å². The van der Waals surface area contributed by atoms with Gasteiger partial charge in [0.25, 0.3) is 0 Å². The van der Waals surface area contributed by atoms with Crippen molar-refractivity contribution in [1.29, 1.82) is 0 Å². The largest absolute Gasteiger partial charge is 0.324 e. The monoisotopic (exact) mass is 267 g/mol. The molecule has 1 atom stereocenters. The van der Waals surface area contributed by atoms with E-state index in [2.05, 4.69) is 10.2 Å². The number of nitro groups is 1. The van der Waals surface area contributed by atoms with Crippen LogP contribution in [0, 0.1) is 10.1 Å². The number of nitrogens with zero attached hydrogens (tertiary/aromatic N) is 2. The summed E-state index contributed by atoms with van der Waals surface area (Å²) >= 11 is 1.27. The first-order valence-corrected chi connectivity index (χ1v) is 7.24. The van der Waals surface area contributed by atoms with Crippen LogP contribution in [0.25, 0.3) is 0 Å². The quantitative estimate of drug-likeness (QED) is 0.654. The summed E-state index contributed by atoms with van der Waals surface area (Å²) in [6.07, 6.45) is 3.93. The highest BCUT2D eigenvalue weighted by Gasteiger charge is 2.34. The third-order valence-corrected chi connectivity index (χ3v) is 4.71. The Morgan fingerprint density at radius 2 is 2.28 bits per heavy atom. The van der Waals surface area contributed by atoms with Crippen molar-refractivity contribution in [1.82, 2.24) is 10.2 Å². The molecule has 0 spiro atoms. The SMILES string of the molecule is O=[N+]([O-])c1ccc(CNC2CCN(C3CC3)C2)s1. The van der Waals surface area contributed by atoms with Crippen molar-refractivity contribution < 1.29 is 4.92 Å². The second kappa shape index (κ2) is 4.95. The zero-order chi connectivity index (χ0) is 12.5. The first kappa shape index (κ1) is 12.1. The van der Waals surface area contributed by atoms with Gasteiger partial charge in [0.1, 0.15) is 0 Å². The molecule has 2 aliphatic rings. The van der Waals surface area contributed by atoms with Gasteiger partial charge in [0.05, 0.1) is 4.92 Å². The molecule has 2 fully saturated rings. The van der Waals surface area contributed by atoms with Crippen LogP contribution < -0.4 is 5.32 Å². The molecule has 1 saturated carbocycles. The average Bonchev–Trinajstić information content (AvgIpc) is 2.92. The number of likely N-dealkylation sites (tertiary alicyclic amines) is 1. The van der Waals surface area contributed by atoms with Crippen molar-refractivity contribution in [3.63, 3.8) is 0 Å². The molecule has 0 aromatic carbocycles. The van der Waals surface area contributed by atoms with Gasteiger partial charge in [-0.05, 0) is 25.3 Å². The highest BCUT2D eigenvalue weighted by molar-refractivity contribution is 7.15. The Balaban J connectivity index is 1.47. The van der Waals surface area contributed by atoms with Crippen molar-refractivity contribution in [2.45, 2.75) is 37.9 Å². The Bertz CT molecular complexity index is 444. The van der Waals surface area contributed by atoms with E-state index >= 15 is 0 Å². The Morgan fingerprint density at radius 1 is 1.44 bits per heavy atom. The van der Waals surface area contributed by atoms with E-state index in [1.807, 2.05) is 6.07 Å². The lowest BCUT2D eigenvalue weighted by atomic mass is 10.2. The van der Waals surface area contributed by atoms with Crippen LogP contribution in [0.2, 0.25) is 0 Å². The number of hydrogen-bond donors (Lipinski definition) is 1. The maximum Gasteiger partial charge on any atom is 0.324 e. The summed E-state index contributed by atoms with van der Waals surface area (Å²) in [7, 11) is 0. The highest BCUT2D eigenvalue weighted by Crippen LogP contribution is 2.30. The van der Waals surface area contributed by atoms with Crippen molar-refractivity contribution in [3.05, 3.63) is 27.1 Å². The first-order chi connectivity index (χ1) is 8.72. The molecule has 6 heteroatoms. The fourth-order valence-corrected chi connectivity index (χ4v) is 3.30. The molecule has 0 bridgehead atoms. The van der Waals surface area contributed by atoms with Crippen LogP contribution in [0.15, 0.2) is 12.1 Å². The fraction of sp³-hybridized carbons (Fsp3) is 0.667. The number of rotatable bonds is 5. The van der Waals surface area contributed by atoms with E-state index in [-0.39, 0.29) is 9.92 Å². The molecule has 2 heterocycles. The Hall–Kier alpha value is -0.980. The van der Waals surface area contributed by atoms with Gasteiger partial charge in [-0.1, -0.05) is 11.3 Å². The van der Waals surface area contributed by atoms with Crippen molar-refractivity contribution >= 4 is 16.3 Å². The summed E-state index contributed by atoms with van der Waals surface area (Å²) in [5, 5.41) is 14.3. The number of nitrogens with one attached hydrogen (secondary N) is 1. The van der Waals surface area contributed by atoms with Crippen LogP contribution in [0.5, 0.6) is 0 Å². The van der Waals surface area contributed by atoms with E-state index in [0.29, 0.717) is 6.04 Å². The second-order valence-electron chi connectivity index (χ2n) is 5.09. The fourth-order valence-electron chi connectivity index (χ4n) is 2.53. The van der Waals surface area contributed by atoms with Crippen molar-refractivity contribution in [2.75, 3.05) is 13.1 Å². The Morgan fingerprint density at radius 3 is 2.94 bits per heavy atom. The van der Waals surface area contributed by atoms with Crippen LogP contribution in [0.1, 0.15) is 24.1 Å². The topological polar surface area (TPSA) is 58.4 Å². The van der Waals surface area contributed by atoms with Crippen LogP contribution in [-0.2, 0) is 6.54 Å². The molecule has 1 N–H and O–H groups in total.